The van der Waals surface area contributed by atoms with Crippen LogP contribution < -0.4 is 51.4 Å². The smallest absolute Gasteiger partial charge is 0.725 e. The zero-order chi connectivity index (χ0) is 5.21. The molecule has 0 aromatic carbocycles. The molecule has 4 nitrogen and oxygen atoms in total. The topological polar surface area (TPSA) is 66.4 Å². The third-order valence-corrected chi connectivity index (χ3v) is 1.55. The zero-order valence-electron chi connectivity index (χ0n) is 3.42. The number of hydrogen-bond acceptors (Lipinski definition) is 4. The minimum atomic E-state index is -4.43. The van der Waals surface area contributed by atoms with Crippen LogP contribution in [0.4, 0.5) is 0 Å². The molecule has 0 spiro atoms. The Labute approximate surface area is 98.1 Å². The first kappa shape index (κ1) is 12.0. The Morgan fingerprint density at radius 1 is 1.57 bits per heavy atom. The van der Waals surface area contributed by atoms with E-state index in [0.717, 1.165) is 23.0 Å². The quantitative estimate of drug-likeness (QED) is 0.216. The van der Waals surface area contributed by atoms with Gasteiger partial charge < -0.3 is 4.55 Å². The Kier molecular flexibility index (Phi) is 8.64. The summed E-state index contributed by atoms with van der Waals surface area (Å²) < 4.78 is 31.0. The standard InChI is InChI=1S/HIO4S.K/c1-5-6(2,3)4;/h(H,2,3,4);/q;+1/p-1. The minimum absolute atomic E-state index is 0. The van der Waals surface area contributed by atoms with Crippen LogP contribution in [-0.2, 0) is 12.9 Å². The molecule has 7 heteroatoms. The van der Waals surface area contributed by atoms with Gasteiger partial charge in [-0.2, -0.15) is 0 Å². The van der Waals surface area contributed by atoms with Crippen LogP contribution in [0.25, 0.3) is 0 Å². The van der Waals surface area contributed by atoms with E-state index >= 15 is 0 Å². The predicted octanol–water partition coefficient (Wildman–Crippen LogP) is -3.18. The van der Waals surface area contributed by atoms with Crippen LogP contribution in [0.5, 0.6) is 0 Å². The van der Waals surface area contributed by atoms with E-state index in [1.165, 1.54) is 0 Å². The van der Waals surface area contributed by atoms with Crippen molar-refractivity contribution >= 4 is 33.4 Å². The third-order valence-electron chi connectivity index (χ3n) is 0.0772. The number of rotatable bonds is 1. The van der Waals surface area contributed by atoms with Crippen LogP contribution in [0.1, 0.15) is 0 Å². The molecular formula is IKO4S. The Morgan fingerprint density at radius 2 is 1.71 bits per heavy atom. The summed E-state index contributed by atoms with van der Waals surface area (Å²) >= 11 is 0.994. The molecule has 38 valence electrons. The predicted molar refractivity (Wildman–Crippen MR) is 24.8 cm³/mol. The zero-order valence-corrected chi connectivity index (χ0v) is 9.52. The van der Waals surface area contributed by atoms with Gasteiger partial charge in [-0.05, 0) is 0 Å². The number of halogens is 1. The largest absolute Gasteiger partial charge is 1.00 e. The van der Waals surface area contributed by atoms with Crippen LogP contribution in [0.15, 0.2) is 0 Å². The van der Waals surface area contributed by atoms with E-state index < -0.39 is 10.4 Å². The van der Waals surface area contributed by atoms with Gasteiger partial charge in [-0.25, -0.2) is 10.9 Å². The summed E-state index contributed by atoms with van der Waals surface area (Å²) in [5.74, 6) is 0. The Hall–Kier alpha value is 2.24. The van der Waals surface area contributed by atoms with Crippen molar-refractivity contribution < 1.29 is 66.9 Å². The fourth-order valence-corrected chi connectivity index (χ4v) is 0. The summed E-state index contributed by atoms with van der Waals surface area (Å²) in [6, 6.07) is 0. The van der Waals surface area contributed by atoms with Crippen molar-refractivity contribution in [2.75, 3.05) is 0 Å². The molecule has 0 aromatic heterocycles. The summed E-state index contributed by atoms with van der Waals surface area (Å²) in [6.45, 7) is 0. The SMILES string of the molecule is O=S(=O)([O-])OI.[K+]. The van der Waals surface area contributed by atoms with Gasteiger partial charge >= 0.3 is 51.4 Å². The van der Waals surface area contributed by atoms with Gasteiger partial charge in [0.05, 0.1) is 0 Å². The average molecular weight is 262 g/mol. The van der Waals surface area contributed by atoms with Crippen molar-refractivity contribution in [2.45, 2.75) is 0 Å². The molecule has 0 saturated carbocycles. The van der Waals surface area contributed by atoms with E-state index in [4.69, 9.17) is 0 Å². The molecular weight excluding hydrogens is 262 g/mol. The Balaban J connectivity index is 0. The Bertz CT molecular complexity index is 114. The monoisotopic (exact) mass is 262 g/mol. The van der Waals surface area contributed by atoms with Crippen molar-refractivity contribution in [1.82, 2.24) is 0 Å². The summed E-state index contributed by atoms with van der Waals surface area (Å²) in [6.07, 6.45) is 0. The molecule has 0 atom stereocenters. The fourth-order valence-electron chi connectivity index (χ4n) is 0. The summed E-state index contributed by atoms with van der Waals surface area (Å²) in [4.78, 5) is 0. The van der Waals surface area contributed by atoms with Gasteiger partial charge in [0, 0.05) is 0 Å². The third kappa shape index (κ3) is 11.7. The molecule has 0 saturated heterocycles. The Morgan fingerprint density at radius 3 is 1.71 bits per heavy atom. The fraction of sp³-hybridized carbons (Fsp3) is 0. The van der Waals surface area contributed by atoms with Crippen molar-refractivity contribution in [1.29, 1.82) is 0 Å². The maximum absolute atomic E-state index is 9.21. The molecule has 0 unspecified atom stereocenters. The summed E-state index contributed by atoms with van der Waals surface area (Å²) in [7, 11) is -4.43. The van der Waals surface area contributed by atoms with Crippen molar-refractivity contribution in [3.05, 3.63) is 0 Å². The molecule has 0 fully saturated rings. The summed E-state index contributed by atoms with van der Waals surface area (Å²) in [5.41, 5.74) is 0. The first-order valence-electron chi connectivity index (χ1n) is 0.821. The molecule has 0 radical (unpaired) electrons. The van der Waals surface area contributed by atoms with Crippen LogP contribution in [0, 0.1) is 0 Å². The second kappa shape index (κ2) is 5.06. The first-order valence-corrected chi connectivity index (χ1v) is 3.04. The molecule has 0 aliphatic carbocycles. The van der Waals surface area contributed by atoms with E-state index in [2.05, 4.69) is 2.51 Å². The molecule has 0 aliphatic heterocycles. The molecule has 0 aromatic rings. The second-order valence-electron chi connectivity index (χ2n) is 0.471. The van der Waals surface area contributed by atoms with Crippen molar-refractivity contribution in [3.8, 4) is 0 Å². The average Bonchev–Trinajstić information content (AvgIpc) is 1.35. The van der Waals surface area contributed by atoms with E-state index in [0.29, 0.717) is 0 Å². The van der Waals surface area contributed by atoms with E-state index in [1.54, 1.807) is 0 Å². The van der Waals surface area contributed by atoms with Crippen LogP contribution in [-0.4, -0.2) is 13.0 Å². The number of hydrogen-bond donors (Lipinski definition) is 0. The maximum atomic E-state index is 9.21. The van der Waals surface area contributed by atoms with Crippen molar-refractivity contribution in [2.24, 2.45) is 0 Å². The van der Waals surface area contributed by atoms with E-state index in [9.17, 15) is 13.0 Å². The first-order chi connectivity index (χ1) is 2.56. The molecule has 0 N–H and O–H groups in total. The molecule has 0 bridgehead atoms. The van der Waals surface area contributed by atoms with E-state index in [1.807, 2.05) is 0 Å². The van der Waals surface area contributed by atoms with Crippen molar-refractivity contribution in [3.63, 3.8) is 0 Å². The van der Waals surface area contributed by atoms with Gasteiger partial charge in [0.1, 0.15) is 23.0 Å². The van der Waals surface area contributed by atoms with Gasteiger partial charge in [0.2, 0.25) is 10.4 Å². The second-order valence-corrected chi connectivity index (χ2v) is 2.49. The molecule has 0 aliphatic rings. The van der Waals surface area contributed by atoms with Gasteiger partial charge in [0.15, 0.2) is 0 Å². The van der Waals surface area contributed by atoms with Crippen LogP contribution >= 0.6 is 23.0 Å². The van der Waals surface area contributed by atoms with Gasteiger partial charge in [0.25, 0.3) is 0 Å². The molecule has 0 heterocycles. The van der Waals surface area contributed by atoms with Crippen LogP contribution in [0.3, 0.4) is 0 Å². The van der Waals surface area contributed by atoms with E-state index in [-0.39, 0.29) is 51.4 Å². The van der Waals surface area contributed by atoms with Gasteiger partial charge in [-0.15, -0.1) is 0 Å². The maximum Gasteiger partial charge on any atom is 1.00 e. The van der Waals surface area contributed by atoms with Crippen LogP contribution in [0.2, 0.25) is 0 Å². The molecule has 0 rings (SSSR count). The molecule has 0 amide bonds. The molecule has 7 heavy (non-hydrogen) atoms. The normalized spacial score (nSPS) is 10.0. The van der Waals surface area contributed by atoms with Gasteiger partial charge in [-0.1, -0.05) is 0 Å². The summed E-state index contributed by atoms with van der Waals surface area (Å²) in [5, 5.41) is 0. The van der Waals surface area contributed by atoms with Gasteiger partial charge in [-0.3, -0.25) is 0 Å². The minimum Gasteiger partial charge on any atom is -0.725 e.